The van der Waals surface area contributed by atoms with Gasteiger partial charge in [0, 0.05) is 27.5 Å². The molecule has 2 heterocycles. The van der Waals surface area contributed by atoms with E-state index in [1.807, 2.05) is 0 Å². The minimum Gasteiger partial charge on any atom is -0.333 e. The van der Waals surface area contributed by atoms with E-state index in [0.29, 0.717) is 11.3 Å². The fourth-order valence-electron chi connectivity index (χ4n) is 7.21. The van der Waals surface area contributed by atoms with E-state index in [4.69, 9.17) is 4.98 Å². The number of hydrogen-bond acceptors (Lipinski definition) is 2. The second kappa shape index (κ2) is 12.5. The number of allylic oxidation sites excluding steroid dienone is 2. The highest BCUT2D eigenvalue weighted by Gasteiger charge is 2.34. The number of benzene rings is 4. The second-order valence-corrected chi connectivity index (χ2v) is 19.0. The topological polar surface area (TPSA) is 16.1 Å². The summed E-state index contributed by atoms with van der Waals surface area (Å²) < 4.78 is 0. The normalized spacial score (nSPS) is 20.4. The van der Waals surface area contributed by atoms with Gasteiger partial charge in [-0.3, -0.25) is 0 Å². The molecule has 4 heteroatoms. The van der Waals surface area contributed by atoms with Crippen LogP contribution in [0.4, 0.5) is 11.4 Å². The number of pyridine rings is 1. The van der Waals surface area contributed by atoms with Crippen LogP contribution in [0.1, 0.15) is 57.7 Å². The Kier molecular flexibility index (Phi) is 8.41. The molecule has 0 amide bonds. The highest BCUT2D eigenvalue weighted by Crippen LogP contribution is 2.58. The van der Waals surface area contributed by atoms with Crippen LogP contribution in [0.25, 0.3) is 21.8 Å². The Morgan fingerprint density at radius 1 is 0.711 bits per heavy atom. The number of hydrogen-bond donors (Lipinski definition) is 0. The Labute approximate surface area is 271 Å². The Balaban J connectivity index is 1.57. The van der Waals surface area contributed by atoms with Gasteiger partial charge in [0.05, 0.1) is 17.1 Å². The van der Waals surface area contributed by atoms with E-state index in [9.17, 15) is 0 Å². The van der Waals surface area contributed by atoms with E-state index < -0.39 is 15.8 Å². The predicted molar refractivity (Wildman–Crippen MR) is 200 cm³/mol. The van der Waals surface area contributed by atoms with Gasteiger partial charge in [0.25, 0.3) is 0 Å². The van der Waals surface area contributed by atoms with Crippen molar-refractivity contribution in [2.45, 2.75) is 77.6 Å². The molecule has 0 radical (unpaired) electrons. The second-order valence-electron chi connectivity index (χ2n) is 13.4. The lowest BCUT2D eigenvalue weighted by Crippen LogP contribution is -2.37. The van der Waals surface area contributed by atoms with Gasteiger partial charge in [-0.1, -0.05) is 127 Å². The van der Waals surface area contributed by atoms with Crippen molar-refractivity contribution in [2.24, 2.45) is 0 Å². The van der Waals surface area contributed by atoms with E-state index in [2.05, 4.69) is 150 Å². The molecule has 0 fully saturated rings. The minimum atomic E-state index is -0.536. The van der Waals surface area contributed by atoms with Crippen molar-refractivity contribution in [2.75, 3.05) is 4.90 Å². The summed E-state index contributed by atoms with van der Waals surface area (Å²) in [4.78, 5) is 8.27. The van der Waals surface area contributed by atoms with Gasteiger partial charge in [0.1, 0.15) is 0 Å². The largest absolute Gasteiger partial charge is 0.333 e. The van der Waals surface area contributed by atoms with Crippen LogP contribution in [-0.4, -0.2) is 22.3 Å². The van der Waals surface area contributed by atoms with E-state index in [1.54, 1.807) is 5.31 Å². The molecule has 1 aliphatic heterocycles. The maximum Gasteiger partial charge on any atom is 0.0745 e. The quantitative estimate of drug-likeness (QED) is 0.146. The summed E-state index contributed by atoms with van der Waals surface area (Å²) in [5.41, 5.74) is 11.6. The van der Waals surface area contributed by atoms with Gasteiger partial charge in [0.2, 0.25) is 0 Å². The Bertz CT molecular complexity index is 1940. The summed E-state index contributed by atoms with van der Waals surface area (Å²) in [6.07, 6.45) is 8.10. The molecule has 0 N–H and O–H groups in total. The lowest BCUT2D eigenvalue weighted by atomic mass is 10.00. The van der Waals surface area contributed by atoms with Crippen molar-refractivity contribution in [3.8, 4) is 0 Å². The lowest BCUT2D eigenvalue weighted by molar-refractivity contribution is 0.764. The Morgan fingerprint density at radius 3 is 2.00 bits per heavy atom. The zero-order chi connectivity index (χ0) is 31.2. The smallest absolute Gasteiger partial charge is 0.0745 e. The standard InChI is InChI=1S/C41H44N2P2/c1-27(2)44-25-33-14-10-12-31-24-32-13-11-15-34(41(32)42-40(31)33)26-45(28(3)4)39-23-30(6)19-21-37(39)43(35-16-8-7-9-17-35)36-20-18-29(5)22-38(36)44/h7-20,22-24,27-28,37H,21,25-26H2,1-6H3. The van der Waals surface area contributed by atoms with E-state index >= 15 is 0 Å². The fourth-order valence-corrected chi connectivity index (χ4v) is 12.5. The third kappa shape index (κ3) is 5.78. The van der Waals surface area contributed by atoms with E-state index in [-0.39, 0.29) is 6.04 Å². The maximum absolute atomic E-state index is 5.55. The molecule has 5 aromatic rings. The van der Waals surface area contributed by atoms with Crippen molar-refractivity contribution in [1.29, 1.82) is 0 Å². The van der Waals surface area contributed by atoms with Crippen LogP contribution in [0, 0.1) is 6.92 Å². The average Bonchev–Trinajstić information content (AvgIpc) is 3.03. The number of para-hydroxylation sites is 3. The zero-order valence-corrected chi connectivity index (χ0v) is 29.2. The van der Waals surface area contributed by atoms with Gasteiger partial charge >= 0.3 is 0 Å². The first-order chi connectivity index (χ1) is 21.8. The highest BCUT2D eigenvalue weighted by atomic mass is 31.1. The number of aryl methyl sites for hydroxylation is 1. The van der Waals surface area contributed by atoms with Gasteiger partial charge in [-0.25, -0.2) is 4.98 Å². The van der Waals surface area contributed by atoms with E-state index in [1.165, 1.54) is 60.7 Å². The van der Waals surface area contributed by atoms with E-state index in [0.717, 1.165) is 18.7 Å². The molecule has 228 valence electrons. The molecule has 3 atom stereocenters. The predicted octanol–water partition coefficient (Wildman–Crippen LogP) is 11.6. The van der Waals surface area contributed by atoms with Crippen LogP contribution < -0.4 is 10.2 Å². The van der Waals surface area contributed by atoms with Crippen molar-refractivity contribution in [1.82, 2.24) is 4.98 Å². The van der Waals surface area contributed by atoms with Crippen LogP contribution >= 0.6 is 15.8 Å². The maximum atomic E-state index is 5.55. The van der Waals surface area contributed by atoms with Crippen LogP contribution in [0.5, 0.6) is 0 Å². The number of fused-ring (bicyclic) bond motifs is 2. The summed E-state index contributed by atoms with van der Waals surface area (Å²) in [5.74, 6) is 0. The monoisotopic (exact) mass is 626 g/mol. The minimum absolute atomic E-state index is 0.264. The van der Waals surface area contributed by atoms with Crippen molar-refractivity contribution in [3.05, 3.63) is 131 Å². The van der Waals surface area contributed by atoms with Crippen molar-refractivity contribution in [3.63, 3.8) is 0 Å². The SMILES string of the molecule is CC1=CCC2C(=C1)P(C(C)C)Cc1cccc3cc4cccc(c4nc13)CP(C(C)C)c1cc(C)ccc1N2c1ccccc1. The molecule has 0 spiro atoms. The summed E-state index contributed by atoms with van der Waals surface area (Å²) in [6.45, 7) is 14.3. The van der Waals surface area contributed by atoms with Crippen LogP contribution in [0.2, 0.25) is 0 Å². The van der Waals surface area contributed by atoms with Crippen LogP contribution in [-0.2, 0) is 12.3 Å². The first-order valence-corrected chi connectivity index (χ1v) is 19.6. The number of nitrogens with zero attached hydrogens (tertiary/aromatic N) is 2. The van der Waals surface area contributed by atoms with Gasteiger partial charge in [-0.05, 0) is 90.7 Å². The summed E-state index contributed by atoms with van der Waals surface area (Å²) in [6, 6.07) is 34.8. The summed E-state index contributed by atoms with van der Waals surface area (Å²) in [7, 11) is -1.03. The van der Waals surface area contributed by atoms with Crippen molar-refractivity contribution < 1.29 is 0 Å². The molecule has 45 heavy (non-hydrogen) atoms. The van der Waals surface area contributed by atoms with Crippen molar-refractivity contribution >= 4 is 54.3 Å². The van der Waals surface area contributed by atoms with Gasteiger partial charge in [0.15, 0.2) is 0 Å². The third-order valence-electron chi connectivity index (χ3n) is 9.52. The Morgan fingerprint density at radius 2 is 1.36 bits per heavy atom. The average molecular weight is 627 g/mol. The highest BCUT2D eigenvalue weighted by molar-refractivity contribution is 7.66. The molecule has 2 aliphatic rings. The van der Waals surface area contributed by atoms with Gasteiger partial charge in [-0.15, -0.1) is 0 Å². The fraction of sp³-hybridized carbons (Fsp3) is 0.293. The first kappa shape index (κ1) is 30.3. The first-order valence-electron chi connectivity index (χ1n) is 16.5. The summed E-state index contributed by atoms with van der Waals surface area (Å²) in [5, 5.41) is 5.63. The van der Waals surface area contributed by atoms with Crippen LogP contribution in [0.3, 0.4) is 0 Å². The molecule has 0 saturated carbocycles. The molecule has 4 aromatic carbocycles. The van der Waals surface area contributed by atoms with Crippen LogP contribution in [0.15, 0.2) is 114 Å². The zero-order valence-electron chi connectivity index (χ0n) is 27.5. The van der Waals surface area contributed by atoms with Gasteiger partial charge in [-0.2, -0.15) is 0 Å². The molecule has 1 aliphatic carbocycles. The molecule has 2 bridgehead atoms. The third-order valence-corrected chi connectivity index (χ3v) is 15.4. The molecule has 7 rings (SSSR count). The molecule has 0 saturated heterocycles. The molecular formula is C41H44N2P2. The molecule has 2 nitrogen and oxygen atoms in total. The molecule has 3 unspecified atom stereocenters. The van der Waals surface area contributed by atoms with Gasteiger partial charge < -0.3 is 4.90 Å². The lowest BCUT2D eigenvalue weighted by Gasteiger charge is -2.42. The Hall–Kier alpha value is -3.31. The number of aromatic nitrogens is 1. The number of anilines is 2. The molecule has 1 aromatic heterocycles. The summed E-state index contributed by atoms with van der Waals surface area (Å²) >= 11 is 0. The number of rotatable bonds is 3. The molecular weight excluding hydrogens is 582 g/mol.